The molecule has 0 radical (unpaired) electrons. The molecule has 1 atom stereocenters. The summed E-state index contributed by atoms with van der Waals surface area (Å²) in [6, 6.07) is -0.181. The molecule has 0 heterocycles. The van der Waals surface area contributed by atoms with Gasteiger partial charge in [-0.2, -0.15) is 0 Å². The van der Waals surface area contributed by atoms with Gasteiger partial charge in [-0.3, -0.25) is 4.79 Å². The summed E-state index contributed by atoms with van der Waals surface area (Å²) in [6.07, 6.45) is 0. The Bertz CT molecular complexity index is 198. The second-order valence-corrected chi connectivity index (χ2v) is 4.42. The molecule has 0 fully saturated rings. The van der Waals surface area contributed by atoms with Gasteiger partial charge in [-0.05, 0) is 12.8 Å². The summed E-state index contributed by atoms with van der Waals surface area (Å²) in [4.78, 5) is 11.6. The van der Waals surface area contributed by atoms with Crippen molar-refractivity contribution in [2.24, 2.45) is 5.92 Å². The summed E-state index contributed by atoms with van der Waals surface area (Å²) >= 11 is 0. The number of carbonyl (C=O) groups excluding carboxylic acids is 1. The third kappa shape index (κ3) is 10.2. The topological polar surface area (TPSA) is 59.6 Å². The average molecular weight is 246 g/mol. The van der Waals surface area contributed by atoms with Crippen LogP contribution < -0.4 is 10.6 Å². The van der Waals surface area contributed by atoms with Crippen LogP contribution in [0.2, 0.25) is 0 Å². The largest absolute Gasteiger partial charge is 0.382 e. The van der Waals surface area contributed by atoms with Crippen molar-refractivity contribution in [2.75, 3.05) is 40.0 Å². The molecule has 0 aromatic carbocycles. The molecule has 0 saturated carbocycles. The molecular weight excluding hydrogens is 220 g/mol. The highest BCUT2D eigenvalue weighted by atomic mass is 16.5. The fourth-order valence-electron chi connectivity index (χ4n) is 1.14. The van der Waals surface area contributed by atoms with Crippen LogP contribution in [0.25, 0.3) is 0 Å². The Hall–Kier alpha value is -0.650. The van der Waals surface area contributed by atoms with Crippen LogP contribution >= 0.6 is 0 Å². The maximum absolute atomic E-state index is 11.6. The van der Waals surface area contributed by atoms with Gasteiger partial charge in [0, 0.05) is 20.2 Å². The highest BCUT2D eigenvalue weighted by Gasteiger charge is 2.11. The van der Waals surface area contributed by atoms with Crippen LogP contribution in [0, 0.1) is 5.92 Å². The van der Waals surface area contributed by atoms with Crippen molar-refractivity contribution in [3.8, 4) is 0 Å². The predicted octanol–water partition coefficient (Wildman–Crippen LogP) is 0.400. The molecule has 0 aromatic rings. The quantitative estimate of drug-likeness (QED) is 0.548. The minimum Gasteiger partial charge on any atom is -0.382 e. The minimum absolute atomic E-state index is 0.0376. The molecule has 0 aliphatic rings. The Labute approximate surface area is 104 Å². The van der Waals surface area contributed by atoms with Crippen molar-refractivity contribution < 1.29 is 14.3 Å². The van der Waals surface area contributed by atoms with Gasteiger partial charge >= 0.3 is 0 Å². The Balaban J connectivity index is 3.44. The lowest BCUT2D eigenvalue weighted by Gasteiger charge is -2.15. The monoisotopic (exact) mass is 246 g/mol. The van der Waals surface area contributed by atoms with E-state index >= 15 is 0 Å². The summed E-state index contributed by atoms with van der Waals surface area (Å²) in [5, 5.41) is 5.99. The van der Waals surface area contributed by atoms with E-state index in [0.29, 0.717) is 32.3 Å². The Kier molecular flexibility index (Phi) is 10.1. The van der Waals surface area contributed by atoms with Gasteiger partial charge < -0.3 is 20.1 Å². The molecule has 17 heavy (non-hydrogen) atoms. The molecule has 0 rings (SSSR count). The molecule has 0 spiro atoms. The molecule has 0 saturated heterocycles. The molecule has 5 heteroatoms. The lowest BCUT2D eigenvalue weighted by molar-refractivity contribution is -0.122. The van der Waals surface area contributed by atoms with Gasteiger partial charge in [-0.1, -0.05) is 13.8 Å². The van der Waals surface area contributed by atoms with Crippen LogP contribution in [0.5, 0.6) is 0 Å². The van der Waals surface area contributed by atoms with E-state index in [1.807, 2.05) is 6.92 Å². The normalized spacial score (nSPS) is 12.8. The zero-order valence-electron chi connectivity index (χ0n) is 11.4. The molecule has 0 bridgehead atoms. The molecule has 0 aliphatic heterocycles. The van der Waals surface area contributed by atoms with E-state index in [-0.39, 0.29) is 11.9 Å². The van der Waals surface area contributed by atoms with Crippen molar-refractivity contribution in [1.29, 1.82) is 0 Å². The lowest BCUT2D eigenvalue weighted by atomic mass is 10.2. The Morgan fingerprint density at radius 1 is 1.18 bits per heavy atom. The van der Waals surface area contributed by atoms with Crippen LogP contribution in [0.1, 0.15) is 20.8 Å². The highest BCUT2D eigenvalue weighted by molar-refractivity contribution is 5.81. The number of amides is 1. The average Bonchev–Trinajstić information content (AvgIpc) is 2.30. The van der Waals surface area contributed by atoms with Crippen molar-refractivity contribution in [3.05, 3.63) is 0 Å². The maximum atomic E-state index is 11.6. The van der Waals surface area contributed by atoms with E-state index in [1.54, 1.807) is 7.11 Å². The number of methoxy groups -OCH3 is 1. The fourth-order valence-corrected chi connectivity index (χ4v) is 1.14. The smallest absolute Gasteiger partial charge is 0.236 e. The molecule has 102 valence electrons. The van der Waals surface area contributed by atoms with E-state index in [2.05, 4.69) is 24.5 Å². The molecule has 2 N–H and O–H groups in total. The molecule has 1 unspecified atom stereocenters. The second kappa shape index (κ2) is 10.5. The zero-order chi connectivity index (χ0) is 13.1. The van der Waals surface area contributed by atoms with E-state index in [1.165, 1.54) is 0 Å². The number of hydrogen-bond acceptors (Lipinski definition) is 4. The van der Waals surface area contributed by atoms with Crippen molar-refractivity contribution in [2.45, 2.75) is 26.8 Å². The first-order valence-corrected chi connectivity index (χ1v) is 6.15. The van der Waals surface area contributed by atoms with Crippen LogP contribution in [0.3, 0.4) is 0 Å². The van der Waals surface area contributed by atoms with E-state index in [4.69, 9.17) is 9.47 Å². The van der Waals surface area contributed by atoms with Gasteiger partial charge in [0.25, 0.3) is 0 Å². The van der Waals surface area contributed by atoms with Gasteiger partial charge in [0.05, 0.1) is 25.9 Å². The first-order chi connectivity index (χ1) is 8.07. The van der Waals surface area contributed by atoms with Gasteiger partial charge in [-0.25, -0.2) is 0 Å². The predicted molar refractivity (Wildman–Crippen MR) is 68.0 cm³/mol. The summed E-state index contributed by atoms with van der Waals surface area (Å²) in [5.41, 5.74) is 0. The molecule has 1 amide bonds. The van der Waals surface area contributed by atoms with Crippen molar-refractivity contribution >= 4 is 5.91 Å². The zero-order valence-corrected chi connectivity index (χ0v) is 11.4. The highest BCUT2D eigenvalue weighted by Crippen LogP contribution is 1.89. The first kappa shape index (κ1) is 16.4. The fraction of sp³-hybridized carbons (Fsp3) is 0.917. The Morgan fingerprint density at radius 3 is 2.47 bits per heavy atom. The first-order valence-electron chi connectivity index (χ1n) is 6.15. The second-order valence-electron chi connectivity index (χ2n) is 4.42. The van der Waals surface area contributed by atoms with E-state index in [0.717, 1.165) is 6.54 Å². The van der Waals surface area contributed by atoms with Gasteiger partial charge in [0.1, 0.15) is 0 Å². The van der Waals surface area contributed by atoms with Crippen LogP contribution in [-0.4, -0.2) is 52.0 Å². The number of rotatable bonds is 10. The number of hydrogen-bond donors (Lipinski definition) is 2. The number of ether oxygens (including phenoxy) is 2. The van der Waals surface area contributed by atoms with Crippen LogP contribution in [-0.2, 0) is 14.3 Å². The summed E-state index contributed by atoms with van der Waals surface area (Å²) < 4.78 is 10.1. The molecule has 5 nitrogen and oxygen atoms in total. The Morgan fingerprint density at radius 2 is 1.88 bits per heavy atom. The summed E-state index contributed by atoms with van der Waals surface area (Å²) in [7, 11) is 1.64. The van der Waals surface area contributed by atoms with E-state index in [9.17, 15) is 4.79 Å². The van der Waals surface area contributed by atoms with Gasteiger partial charge in [0.2, 0.25) is 5.91 Å². The van der Waals surface area contributed by atoms with E-state index < -0.39 is 0 Å². The van der Waals surface area contributed by atoms with Crippen LogP contribution in [0.15, 0.2) is 0 Å². The van der Waals surface area contributed by atoms with Crippen LogP contribution in [0.4, 0.5) is 0 Å². The summed E-state index contributed by atoms with van der Waals surface area (Å²) in [5.74, 6) is 0.513. The third-order valence-electron chi connectivity index (χ3n) is 2.21. The maximum Gasteiger partial charge on any atom is 0.236 e. The molecule has 0 aromatic heterocycles. The van der Waals surface area contributed by atoms with Gasteiger partial charge in [0.15, 0.2) is 0 Å². The SMILES string of the molecule is COCCOCCNC(C)C(=O)NCC(C)C. The van der Waals surface area contributed by atoms with Gasteiger partial charge in [-0.15, -0.1) is 0 Å². The number of carbonyl (C=O) groups is 1. The lowest BCUT2D eigenvalue weighted by Crippen LogP contribution is -2.44. The van der Waals surface area contributed by atoms with Crippen molar-refractivity contribution in [1.82, 2.24) is 10.6 Å². The third-order valence-corrected chi connectivity index (χ3v) is 2.21. The molecule has 0 aliphatic carbocycles. The molecular formula is C12H26N2O3. The minimum atomic E-state index is -0.181. The standard InChI is InChI=1S/C12H26N2O3/c1-10(2)9-14-12(15)11(3)13-5-6-17-8-7-16-4/h10-11,13H,5-9H2,1-4H3,(H,14,15). The summed E-state index contributed by atoms with van der Waals surface area (Å²) in [6.45, 7) is 9.16. The number of nitrogens with one attached hydrogen (secondary N) is 2. The van der Waals surface area contributed by atoms with Crippen molar-refractivity contribution in [3.63, 3.8) is 0 Å².